The molecular weight excluding hydrogens is 230 g/mol. The van der Waals surface area contributed by atoms with Crippen LogP contribution in [0.1, 0.15) is 33.6 Å². The summed E-state index contributed by atoms with van der Waals surface area (Å²) in [6.07, 6.45) is 1.60. The molecule has 0 bridgehead atoms. The standard InChI is InChI=1S/C13H25N3O2/c1-13(2,3)10(14)12(18)16-8-6-7-9(16)11(17)15(4)5/h9-10H,6-8,14H2,1-5H3. The molecule has 5 heteroatoms. The van der Waals surface area contributed by atoms with Crippen molar-refractivity contribution in [2.75, 3.05) is 20.6 Å². The molecule has 18 heavy (non-hydrogen) atoms. The summed E-state index contributed by atoms with van der Waals surface area (Å²) in [5.41, 5.74) is 5.71. The Balaban J connectivity index is 2.82. The molecular formula is C13H25N3O2. The van der Waals surface area contributed by atoms with E-state index < -0.39 is 6.04 Å². The summed E-state index contributed by atoms with van der Waals surface area (Å²) in [5, 5.41) is 0. The Morgan fingerprint density at radius 1 is 1.33 bits per heavy atom. The second-order valence-electron chi connectivity index (χ2n) is 6.27. The normalized spacial score (nSPS) is 21.9. The summed E-state index contributed by atoms with van der Waals surface area (Å²) in [6.45, 7) is 6.45. The number of amides is 2. The van der Waals surface area contributed by atoms with Crippen LogP contribution in [0.25, 0.3) is 0 Å². The first kappa shape index (κ1) is 15.0. The lowest BCUT2D eigenvalue weighted by Gasteiger charge is -2.33. The van der Waals surface area contributed by atoms with Crippen molar-refractivity contribution in [2.45, 2.75) is 45.7 Å². The zero-order valence-electron chi connectivity index (χ0n) is 12.1. The molecule has 0 aromatic heterocycles. The average molecular weight is 255 g/mol. The van der Waals surface area contributed by atoms with Gasteiger partial charge in [-0.05, 0) is 18.3 Å². The fourth-order valence-corrected chi connectivity index (χ4v) is 2.13. The molecule has 0 radical (unpaired) electrons. The van der Waals surface area contributed by atoms with Crippen LogP contribution in [-0.2, 0) is 9.59 Å². The van der Waals surface area contributed by atoms with Crippen LogP contribution >= 0.6 is 0 Å². The van der Waals surface area contributed by atoms with Crippen molar-refractivity contribution >= 4 is 11.8 Å². The molecule has 0 aliphatic carbocycles. The van der Waals surface area contributed by atoms with Gasteiger partial charge in [0.1, 0.15) is 6.04 Å². The van der Waals surface area contributed by atoms with Crippen molar-refractivity contribution in [1.82, 2.24) is 9.80 Å². The van der Waals surface area contributed by atoms with Gasteiger partial charge < -0.3 is 15.5 Å². The lowest BCUT2D eigenvalue weighted by molar-refractivity contribution is -0.144. The molecule has 2 unspecified atom stereocenters. The monoisotopic (exact) mass is 255 g/mol. The zero-order valence-corrected chi connectivity index (χ0v) is 12.1. The Kier molecular flexibility index (Phi) is 4.37. The van der Waals surface area contributed by atoms with Gasteiger partial charge in [0.2, 0.25) is 11.8 Å². The number of likely N-dealkylation sites (N-methyl/N-ethyl adjacent to an activating group) is 1. The summed E-state index contributed by atoms with van der Waals surface area (Å²) in [4.78, 5) is 27.6. The van der Waals surface area contributed by atoms with E-state index in [1.807, 2.05) is 20.8 Å². The third-order valence-electron chi connectivity index (χ3n) is 3.46. The highest BCUT2D eigenvalue weighted by molar-refractivity contribution is 5.90. The molecule has 1 aliphatic heterocycles. The molecule has 0 aromatic rings. The lowest BCUT2D eigenvalue weighted by Crippen LogP contribution is -2.54. The highest BCUT2D eigenvalue weighted by Crippen LogP contribution is 2.24. The van der Waals surface area contributed by atoms with E-state index in [0.717, 1.165) is 12.8 Å². The van der Waals surface area contributed by atoms with Gasteiger partial charge in [0, 0.05) is 20.6 Å². The zero-order chi connectivity index (χ0) is 14.1. The number of nitrogens with two attached hydrogens (primary N) is 1. The lowest BCUT2D eigenvalue weighted by atomic mass is 9.86. The fourth-order valence-electron chi connectivity index (χ4n) is 2.13. The average Bonchev–Trinajstić information content (AvgIpc) is 2.73. The second-order valence-corrected chi connectivity index (χ2v) is 6.27. The van der Waals surface area contributed by atoms with Crippen LogP contribution in [0, 0.1) is 5.41 Å². The number of carbonyl (C=O) groups excluding carboxylic acids is 2. The van der Waals surface area contributed by atoms with Gasteiger partial charge in [-0.2, -0.15) is 0 Å². The van der Waals surface area contributed by atoms with E-state index in [0.29, 0.717) is 6.54 Å². The van der Waals surface area contributed by atoms with Crippen LogP contribution in [0.2, 0.25) is 0 Å². The van der Waals surface area contributed by atoms with Gasteiger partial charge in [-0.1, -0.05) is 20.8 Å². The van der Waals surface area contributed by atoms with Gasteiger partial charge in [0.25, 0.3) is 0 Å². The summed E-state index contributed by atoms with van der Waals surface area (Å²) in [5.74, 6) is -0.123. The Hall–Kier alpha value is -1.10. The fraction of sp³-hybridized carbons (Fsp3) is 0.846. The molecule has 1 saturated heterocycles. The van der Waals surface area contributed by atoms with Crippen molar-refractivity contribution in [3.05, 3.63) is 0 Å². The van der Waals surface area contributed by atoms with E-state index in [4.69, 9.17) is 5.73 Å². The summed E-state index contributed by atoms with van der Waals surface area (Å²) < 4.78 is 0. The SMILES string of the molecule is CN(C)C(=O)C1CCCN1C(=O)C(N)C(C)(C)C. The first-order valence-corrected chi connectivity index (χ1v) is 6.43. The smallest absolute Gasteiger partial charge is 0.244 e. The van der Waals surface area contributed by atoms with Crippen LogP contribution < -0.4 is 5.73 Å². The maximum Gasteiger partial charge on any atom is 0.244 e. The molecule has 2 N–H and O–H groups in total. The van der Waals surface area contributed by atoms with E-state index in [1.54, 1.807) is 23.9 Å². The molecule has 1 rings (SSSR count). The van der Waals surface area contributed by atoms with Crippen molar-refractivity contribution in [3.8, 4) is 0 Å². The molecule has 2 amide bonds. The molecule has 1 fully saturated rings. The van der Waals surface area contributed by atoms with Crippen molar-refractivity contribution < 1.29 is 9.59 Å². The van der Waals surface area contributed by atoms with E-state index in [2.05, 4.69) is 0 Å². The first-order valence-electron chi connectivity index (χ1n) is 6.43. The third-order valence-corrected chi connectivity index (χ3v) is 3.46. The quantitative estimate of drug-likeness (QED) is 0.778. The Morgan fingerprint density at radius 2 is 1.89 bits per heavy atom. The predicted octanol–water partition coefficient (Wildman–Crippen LogP) is 0.439. The third kappa shape index (κ3) is 3.02. The molecule has 0 spiro atoms. The minimum absolute atomic E-state index is 0.0121. The second kappa shape index (κ2) is 5.26. The van der Waals surface area contributed by atoms with E-state index in [9.17, 15) is 9.59 Å². The molecule has 2 atom stereocenters. The van der Waals surface area contributed by atoms with E-state index in [1.165, 1.54) is 0 Å². The Labute approximate surface area is 109 Å². The maximum absolute atomic E-state index is 12.4. The number of rotatable bonds is 2. The molecule has 5 nitrogen and oxygen atoms in total. The highest BCUT2D eigenvalue weighted by atomic mass is 16.2. The molecule has 1 aliphatic rings. The van der Waals surface area contributed by atoms with Gasteiger partial charge in [0.15, 0.2) is 0 Å². The molecule has 0 saturated carbocycles. The van der Waals surface area contributed by atoms with Crippen LogP contribution in [-0.4, -0.2) is 54.3 Å². The topological polar surface area (TPSA) is 66.6 Å². The van der Waals surface area contributed by atoms with Crippen LogP contribution in [0.15, 0.2) is 0 Å². The van der Waals surface area contributed by atoms with Gasteiger partial charge in [0.05, 0.1) is 6.04 Å². The largest absolute Gasteiger partial charge is 0.347 e. The summed E-state index contributed by atoms with van der Waals surface area (Å²) in [6, 6.07) is -0.894. The van der Waals surface area contributed by atoms with Crippen molar-refractivity contribution in [2.24, 2.45) is 11.1 Å². The minimum Gasteiger partial charge on any atom is -0.347 e. The Morgan fingerprint density at radius 3 is 2.33 bits per heavy atom. The maximum atomic E-state index is 12.4. The van der Waals surface area contributed by atoms with Gasteiger partial charge in [-0.15, -0.1) is 0 Å². The van der Waals surface area contributed by atoms with Gasteiger partial charge >= 0.3 is 0 Å². The van der Waals surface area contributed by atoms with Gasteiger partial charge in [-0.3, -0.25) is 9.59 Å². The molecule has 1 heterocycles. The molecule has 104 valence electrons. The number of likely N-dealkylation sites (tertiary alicyclic amines) is 1. The number of nitrogens with zero attached hydrogens (tertiary/aromatic N) is 2. The number of hydrogen-bond acceptors (Lipinski definition) is 3. The molecule has 0 aromatic carbocycles. The Bertz CT molecular complexity index is 334. The summed E-state index contributed by atoms with van der Waals surface area (Å²) in [7, 11) is 3.43. The first-order chi connectivity index (χ1) is 8.16. The van der Waals surface area contributed by atoms with E-state index >= 15 is 0 Å². The van der Waals surface area contributed by atoms with Gasteiger partial charge in [-0.25, -0.2) is 0 Å². The number of hydrogen-bond donors (Lipinski definition) is 1. The highest BCUT2D eigenvalue weighted by Gasteiger charge is 2.39. The number of carbonyl (C=O) groups is 2. The van der Waals surface area contributed by atoms with Crippen molar-refractivity contribution in [3.63, 3.8) is 0 Å². The van der Waals surface area contributed by atoms with Crippen molar-refractivity contribution in [1.29, 1.82) is 0 Å². The van der Waals surface area contributed by atoms with Crippen LogP contribution in [0.4, 0.5) is 0 Å². The van der Waals surface area contributed by atoms with Crippen LogP contribution in [0.3, 0.4) is 0 Å². The summed E-state index contributed by atoms with van der Waals surface area (Å²) >= 11 is 0. The van der Waals surface area contributed by atoms with Crippen LogP contribution in [0.5, 0.6) is 0 Å². The van der Waals surface area contributed by atoms with E-state index in [-0.39, 0.29) is 23.3 Å². The minimum atomic E-state index is -0.562. The predicted molar refractivity (Wildman–Crippen MR) is 70.9 cm³/mol.